The van der Waals surface area contributed by atoms with Gasteiger partial charge in [-0.3, -0.25) is 4.79 Å². The van der Waals surface area contributed by atoms with Gasteiger partial charge in [0.2, 0.25) is 5.91 Å². The third-order valence-corrected chi connectivity index (χ3v) is 3.46. The molecule has 0 aliphatic carbocycles. The molecule has 0 heterocycles. The van der Waals surface area contributed by atoms with Crippen molar-refractivity contribution in [2.45, 2.75) is 39.3 Å². The molecule has 2 aromatic carbocycles. The Morgan fingerprint density at radius 2 is 1.83 bits per heavy atom. The summed E-state index contributed by atoms with van der Waals surface area (Å²) in [6.07, 6.45) is 1.24. The number of carbonyl (C=O) groups is 1. The highest BCUT2D eigenvalue weighted by molar-refractivity contribution is 5.76. The minimum absolute atomic E-state index is 0.0239. The Bertz CT molecular complexity index is 636. The van der Waals surface area contributed by atoms with Crippen LogP contribution in [0.25, 0.3) is 0 Å². The Morgan fingerprint density at radius 1 is 1.13 bits per heavy atom. The number of hydrogen-bond acceptors (Lipinski definition) is 3. The van der Waals surface area contributed by atoms with Gasteiger partial charge in [-0.05, 0) is 49.6 Å². The molecule has 23 heavy (non-hydrogen) atoms. The lowest BCUT2D eigenvalue weighted by atomic mass is 10.1. The molecule has 2 rings (SSSR count). The van der Waals surface area contributed by atoms with Gasteiger partial charge in [0.05, 0.1) is 6.10 Å². The van der Waals surface area contributed by atoms with Crippen LogP contribution in [-0.4, -0.2) is 12.0 Å². The van der Waals surface area contributed by atoms with Crippen LogP contribution in [-0.2, 0) is 17.8 Å². The maximum absolute atomic E-state index is 11.9. The number of rotatable bonds is 7. The highest BCUT2D eigenvalue weighted by Gasteiger charge is 2.05. The first-order chi connectivity index (χ1) is 11.0. The molecule has 4 nitrogen and oxygen atoms in total. The summed E-state index contributed by atoms with van der Waals surface area (Å²) in [6.45, 7) is 4.51. The predicted octanol–water partition coefficient (Wildman–Crippen LogP) is 3.31. The monoisotopic (exact) mass is 312 g/mol. The van der Waals surface area contributed by atoms with Crippen LogP contribution in [0.15, 0.2) is 48.5 Å². The van der Waals surface area contributed by atoms with E-state index in [0.29, 0.717) is 19.4 Å². The Kier molecular flexibility index (Phi) is 6.03. The molecular formula is C19H24N2O2. The number of nitrogens with one attached hydrogen (secondary N) is 1. The van der Waals surface area contributed by atoms with E-state index >= 15 is 0 Å². The molecular weight excluding hydrogens is 288 g/mol. The number of para-hydroxylation sites is 1. The van der Waals surface area contributed by atoms with Crippen molar-refractivity contribution in [3.63, 3.8) is 0 Å². The zero-order valence-electron chi connectivity index (χ0n) is 13.7. The van der Waals surface area contributed by atoms with Gasteiger partial charge in [0, 0.05) is 18.7 Å². The average molecular weight is 312 g/mol. The van der Waals surface area contributed by atoms with Crippen molar-refractivity contribution in [1.82, 2.24) is 5.32 Å². The molecule has 1 amide bonds. The molecule has 0 spiro atoms. The summed E-state index contributed by atoms with van der Waals surface area (Å²) >= 11 is 0. The minimum atomic E-state index is 0.0239. The topological polar surface area (TPSA) is 64.3 Å². The number of carbonyl (C=O) groups excluding carboxylic acids is 1. The summed E-state index contributed by atoms with van der Waals surface area (Å²) in [6, 6.07) is 15.4. The molecule has 4 heteroatoms. The van der Waals surface area contributed by atoms with E-state index in [1.165, 1.54) is 0 Å². The van der Waals surface area contributed by atoms with Gasteiger partial charge in [-0.1, -0.05) is 30.3 Å². The predicted molar refractivity (Wildman–Crippen MR) is 93.2 cm³/mol. The van der Waals surface area contributed by atoms with Crippen molar-refractivity contribution in [3.8, 4) is 5.75 Å². The Labute approximate surface area is 137 Å². The first-order valence-corrected chi connectivity index (χ1v) is 7.90. The standard InChI is InChI=1S/C19H24N2O2/c1-14(2)23-17-10-7-15(8-11-17)13-21-19(22)12-9-16-5-3-4-6-18(16)20/h3-8,10-11,14H,9,12-13,20H2,1-2H3,(H,21,22). The summed E-state index contributed by atoms with van der Waals surface area (Å²) in [5.74, 6) is 0.866. The fourth-order valence-electron chi connectivity index (χ4n) is 2.26. The van der Waals surface area contributed by atoms with Gasteiger partial charge in [-0.15, -0.1) is 0 Å². The maximum Gasteiger partial charge on any atom is 0.220 e. The fourth-order valence-corrected chi connectivity index (χ4v) is 2.26. The number of benzene rings is 2. The van der Waals surface area contributed by atoms with Crippen LogP contribution >= 0.6 is 0 Å². The second-order valence-corrected chi connectivity index (χ2v) is 5.79. The van der Waals surface area contributed by atoms with Gasteiger partial charge in [0.1, 0.15) is 5.75 Å². The summed E-state index contributed by atoms with van der Waals surface area (Å²) < 4.78 is 5.59. The molecule has 2 aromatic rings. The number of nitrogens with two attached hydrogens (primary N) is 1. The van der Waals surface area contributed by atoms with Crippen molar-refractivity contribution in [1.29, 1.82) is 0 Å². The van der Waals surface area contributed by atoms with E-state index in [1.54, 1.807) is 0 Å². The normalized spacial score (nSPS) is 10.6. The number of hydrogen-bond donors (Lipinski definition) is 2. The number of anilines is 1. The smallest absolute Gasteiger partial charge is 0.220 e. The van der Waals surface area contributed by atoms with Crippen molar-refractivity contribution in [2.75, 3.05) is 5.73 Å². The van der Waals surface area contributed by atoms with Gasteiger partial charge in [-0.25, -0.2) is 0 Å². The van der Waals surface area contributed by atoms with E-state index in [-0.39, 0.29) is 12.0 Å². The molecule has 0 atom stereocenters. The van der Waals surface area contributed by atoms with E-state index < -0.39 is 0 Å². The zero-order valence-corrected chi connectivity index (χ0v) is 13.7. The van der Waals surface area contributed by atoms with Crippen LogP contribution in [0, 0.1) is 0 Å². The summed E-state index contributed by atoms with van der Waals surface area (Å²) in [4.78, 5) is 11.9. The largest absolute Gasteiger partial charge is 0.491 e. The first kappa shape index (κ1) is 16.9. The lowest BCUT2D eigenvalue weighted by Crippen LogP contribution is -2.23. The first-order valence-electron chi connectivity index (χ1n) is 7.90. The molecule has 0 aliphatic rings. The quantitative estimate of drug-likeness (QED) is 0.771. The summed E-state index contributed by atoms with van der Waals surface area (Å²) in [5, 5.41) is 2.93. The third kappa shape index (κ3) is 5.66. The van der Waals surface area contributed by atoms with Crippen LogP contribution < -0.4 is 15.8 Å². The average Bonchev–Trinajstić information content (AvgIpc) is 2.53. The molecule has 0 unspecified atom stereocenters. The summed E-state index contributed by atoms with van der Waals surface area (Å²) in [5.41, 5.74) is 8.68. The van der Waals surface area contributed by atoms with Gasteiger partial charge in [-0.2, -0.15) is 0 Å². The highest BCUT2D eigenvalue weighted by atomic mass is 16.5. The van der Waals surface area contributed by atoms with E-state index in [9.17, 15) is 4.79 Å². The van der Waals surface area contributed by atoms with Crippen molar-refractivity contribution in [2.24, 2.45) is 0 Å². The van der Waals surface area contributed by atoms with Crippen LogP contribution in [0.2, 0.25) is 0 Å². The molecule has 3 N–H and O–H groups in total. The van der Waals surface area contributed by atoms with Crippen molar-refractivity contribution >= 4 is 11.6 Å². The molecule has 0 bridgehead atoms. The second kappa shape index (κ2) is 8.22. The third-order valence-electron chi connectivity index (χ3n) is 3.46. The highest BCUT2D eigenvalue weighted by Crippen LogP contribution is 2.14. The number of nitrogen functional groups attached to an aromatic ring is 1. The van der Waals surface area contributed by atoms with E-state index in [0.717, 1.165) is 22.6 Å². The van der Waals surface area contributed by atoms with E-state index in [2.05, 4.69) is 5.32 Å². The second-order valence-electron chi connectivity index (χ2n) is 5.79. The molecule has 0 aliphatic heterocycles. The van der Waals surface area contributed by atoms with Gasteiger partial charge < -0.3 is 15.8 Å². The molecule has 0 aromatic heterocycles. The number of aryl methyl sites for hydroxylation is 1. The Hall–Kier alpha value is -2.49. The number of ether oxygens (including phenoxy) is 1. The SMILES string of the molecule is CC(C)Oc1ccc(CNC(=O)CCc2ccccc2N)cc1. The van der Waals surface area contributed by atoms with Crippen LogP contribution in [0.5, 0.6) is 5.75 Å². The molecule has 122 valence electrons. The van der Waals surface area contributed by atoms with E-state index in [1.807, 2.05) is 62.4 Å². The number of amides is 1. The molecule has 0 fully saturated rings. The van der Waals surface area contributed by atoms with Crippen LogP contribution in [0.4, 0.5) is 5.69 Å². The van der Waals surface area contributed by atoms with E-state index in [4.69, 9.17) is 10.5 Å². The van der Waals surface area contributed by atoms with Gasteiger partial charge in [0.25, 0.3) is 0 Å². The van der Waals surface area contributed by atoms with Gasteiger partial charge >= 0.3 is 0 Å². The Morgan fingerprint density at radius 3 is 2.48 bits per heavy atom. The molecule has 0 saturated heterocycles. The van der Waals surface area contributed by atoms with Crippen molar-refractivity contribution < 1.29 is 9.53 Å². The fraction of sp³-hybridized carbons (Fsp3) is 0.316. The summed E-state index contributed by atoms with van der Waals surface area (Å²) in [7, 11) is 0. The molecule has 0 radical (unpaired) electrons. The lowest BCUT2D eigenvalue weighted by Gasteiger charge is -2.10. The molecule has 0 saturated carbocycles. The van der Waals surface area contributed by atoms with Gasteiger partial charge in [0.15, 0.2) is 0 Å². The van der Waals surface area contributed by atoms with Crippen molar-refractivity contribution in [3.05, 3.63) is 59.7 Å². The maximum atomic E-state index is 11.9. The lowest BCUT2D eigenvalue weighted by molar-refractivity contribution is -0.121. The minimum Gasteiger partial charge on any atom is -0.491 e. The van der Waals surface area contributed by atoms with Crippen LogP contribution in [0.3, 0.4) is 0 Å². The Balaban J connectivity index is 1.77. The zero-order chi connectivity index (χ0) is 16.7. The van der Waals surface area contributed by atoms with Crippen LogP contribution in [0.1, 0.15) is 31.4 Å².